The summed E-state index contributed by atoms with van der Waals surface area (Å²) < 4.78 is 0. The van der Waals surface area contributed by atoms with Crippen LogP contribution in [0.2, 0.25) is 0 Å². The maximum atomic E-state index is 11.3. The summed E-state index contributed by atoms with van der Waals surface area (Å²) in [7, 11) is 3.36. The van der Waals surface area contributed by atoms with Crippen LogP contribution in [-0.4, -0.2) is 17.2 Å². The number of carbonyl (C=O) groups is 1. The minimum atomic E-state index is 0.0721. The molecule has 12 heavy (non-hydrogen) atoms. The first-order valence-electron chi connectivity index (χ1n) is 4.48. The van der Waals surface area contributed by atoms with E-state index in [0.29, 0.717) is 12.0 Å². The molecular formula is C9H16NOP. The summed E-state index contributed by atoms with van der Waals surface area (Å²) in [6, 6.07) is 0.455. The topological polar surface area (TPSA) is 29.1 Å². The molecule has 0 spiro atoms. The molecule has 0 aromatic carbocycles. The van der Waals surface area contributed by atoms with Gasteiger partial charge in [-0.3, -0.25) is 4.79 Å². The van der Waals surface area contributed by atoms with Gasteiger partial charge in [-0.25, -0.2) is 0 Å². The van der Waals surface area contributed by atoms with Crippen LogP contribution in [-0.2, 0) is 4.79 Å². The third kappa shape index (κ3) is 3.36. The Labute approximate surface area is 76.0 Å². The first-order valence-corrected chi connectivity index (χ1v) is 4.98. The van der Waals surface area contributed by atoms with Crippen LogP contribution in [0.5, 0.6) is 0 Å². The predicted octanol–water partition coefficient (Wildman–Crippen LogP) is 1.63. The first kappa shape index (κ1) is 9.73. The Balaban J connectivity index is 2.25. The lowest BCUT2D eigenvalue weighted by molar-refractivity contribution is -0.114. The third-order valence-electron chi connectivity index (χ3n) is 1.80. The number of nitrogens with one attached hydrogen (secondary N) is 1. The summed E-state index contributed by atoms with van der Waals surface area (Å²) >= 11 is 0. The van der Waals surface area contributed by atoms with Crippen LogP contribution in [0.1, 0.15) is 33.1 Å². The number of rotatable bonds is 4. The fourth-order valence-electron chi connectivity index (χ4n) is 1.00. The lowest BCUT2D eigenvalue weighted by atomic mass is 10.1. The smallest absolute Gasteiger partial charge is 0.251 e. The van der Waals surface area contributed by atoms with Crippen molar-refractivity contribution in [2.24, 2.45) is 5.92 Å². The zero-order chi connectivity index (χ0) is 9.14. The van der Waals surface area contributed by atoms with E-state index in [1.807, 2.05) is 0 Å². The normalized spacial score (nSPS) is 16.2. The van der Waals surface area contributed by atoms with Crippen LogP contribution in [0.3, 0.4) is 0 Å². The lowest BCUT2D eigenvalue weighted by Gasteiger charge is -2.07. The number of hydrogen-bond acceptors (Lipinski definition) is 1. The summed E-state index contributed by atoms with van der Waals surface area (Å²) in [4.78, 5) is 11.3. The molecule has 0 atom stereocenters. The average molecular weight is 185 g/mol. The quantitative estimate of drug-likeness (QED) is 0.662. The second-order valence-electron chi connectivity index (χ2n) is 3.82. The first-order chi connectivity index (χ1) is 5.59. The van der Waals surface area contributed by atoms with E-state index < -0.39 is 0 Å². The van der Waals surface area contributed by atoms with Gasteiger partial charge in [-0.05, 0) is 25.2 Å². The lowest BCUT2D eigenvalue weighted by Crippen LogP contribution is -2.31. The van der Waals surface area contributed by atoms with Gasteiger partial charge in [0.1, 0.15) is 0 Å². The van der Waals surface area contributed by atoms with E-state index in [4.69, 9.17) is 0 Å². The van der Waals surface area contributed by atoms with Crippen LogP contribution >= 0.6 is 8.86 Å². The SMILES string of the molecule is CC(C)CC(=P)C(=O)NC1CC1. The van der Waals surface area contributed by atoms with Crippen molar-refractivity contribution < 1.29 is 4.79 Å². The molecule has 0 saturated heterocycles. The summed E-state index contributed by atoms with van der Waals surface area (Å²) in [6.45, 7) is 4.20. The summed E-state index contributed by atoms with van der Waals surface area (Å²) in [6.07, 6.45) is 3.12. The molecule has 1 N–H and O–H groups in total. The van der Waals surface area contributed by atoms with E-state index >= 15 is 0 Å². The Morgan fingerprint density at radius 3 is 2.58 bits per heavy atom. The molecule has 1 aliphatic carbocycles. The van der Waals surface area contributed by atoms with Gasteiger partial charge in [-0.1, -0.05) is 13.8 Å². The van der Waals surface area contributed by atoms with Crippen molar-refractivity contribution in [2.75, 3.05) is 0 Å². The Morgan fingerprint density at radius 2 is 2.17 bits per heavy atom. The Bertz CT molecular complexity index is 183. The van der Waals surface area contributed by atoms with Crippen molar-refractivity contribution in [3.05, 3.63) is 0 Å². The molecule has 2 nitrogen and oxygen atoms in total. The molecule has 1 rings (SSSR count). The number of hydrogen-bond donors (Lipinski definition) is 1. The zero-order valence-electron chi connectivity index (χ0n) is 7.68. The fourth-order valence-corrected chi connectivity index (χ4v) is 1.48. The van der Waals surface area contributed by atoms with Crippen LogP contribution < -0.4 is 5.32 Å². The minimum absolute atomic E-state index is 0.0721. The van der Waals surface area contributed by atoms with E-state index in [0.717, 1.165) is 24.6 Å². The second kappa shape index (κ2) is 4.04. The summed E-state index contributed by atoms with van der Waals surface area (Å²) in [5, 5.41) is 3.71. The highest BCUT2D eigenvalue weighted by molar-refractivity contribution is 7.25. The zero-order valence-corrected chi connectivity index (χ0v) is 8.68. The van der Waals surface area contributed by atoms with Gasteiger partial charge in [-0.2, -0.15) is 0 Å². The average Bonchev–Trinajstić information content (AvgIpc) is 2.70. The third-order valence-corrected chi connectivity index (χ3v) is 2.23. The molecule has 1 fully saturated rings. The predicted molar refractivity (Wildman–Crippen MR) is 53.9 cm³/mol. The van der Waals surface area contributed by atoms with Gasteiger partial charge in [0.25, 0.3) is 5.91 Å². The highest BCUT2D eigenvalue weighted by Crippen LogP contribution is 2.18. The largest absolute Gasteiger partial charge is 0.349 e. The highest BCUT2D eigenvalue weighted by atomic mass is 31.0. The Kier molecular flexibility index (Phi) is 3.28. The summed E-state index contributed by atoms with van der Waals surface area (Å²) in [5.41, 5.74) is 0. The number of amides is 1. The molecule has 68 valence electrons. The molecular weight excluding hydrogens is 169 g/mol. The van der Waals surface area contributed by atoms with Crippen LogP contribution in [0.4, 0.5) is 0 Å². The van der Waals surface area contributed by atoms with Crippen molar-refractivity contribution in [2.45, 2.75) is 39.2 Å². The van der Waals surface area contributed by atoms with E-state index in [1.165, 1.54) is 0 Å². The maximum Gasteiger partial charge on any atom is 0.251 e. The van der Waals surface area contributed by atoms with Gasteiger partial charge in [0.05, 0.1) is 0 Å². The van der Waals surface area contributed by atoms with Crippen LogP contribution in [0, 0.1) is 5.92 Å². The monoisotopic (exact) mass is 185 g/mol. The van der Waals surface area contributed by atoms with Gasteiger partial charge >= 0.3 is 0 Å². The van der Waals surface area contributed by atoms with Crippen LogP contribution in [0.25, 0.3) is 0 Å². The van der Waals surface area contributed by atoms with Gasteiger partial charge in [0.2, 0.25) is 0 Å². The maximum absolute atomic E-state index is 11.3. The van der Waals surface area contributed by atoms with Crippen molar-refractivity contribution in [1.82, 2.24) is 5.32 Å². The van der Waals surface area contributed by atoms with Crippen molar-refractivity contribution >= 4 is 20.1 Å². The standard InChI is InChI=1S/C9H16NOP/c1-6(2)5-8(12)9(11)10-7-3-4-7/h6-7,12H,3-5H2,1-2H3,(H,10,11). The van der Waals surface area contributed by atoms with Crippen molar-refractivity contribution in [1.29, 1.82) is 0 Å². The van der Waals surface area contributed by atoms with E-state index in [1.54, 1.807) is 0 Å². The summed E-state index contributed by atoms with van der Waals surface area (Å²) in [5.74, 6) is 0.602. The number of carbonyl (C=O) groups excluding carboxylic acids is 1. The van der Waals surface area contributed by atoms with Gasteiger partial charge in [-0.15, -0.1) is 8.86 Å². The molecule has 0 aliphatic heterocycles. The van der Waals surface area contributed by atoms with E-state index in [9.17, 15) is 4.79 Å². The molecule has 0 radical (unpaired) electrons. The second-order valence-corrected chi connectivity index (χ2v) is 4.43. The Hall–Kier alpha value is -0.360. The van der Waals surface area contributed by atoms with Crippen molar-refractivity contribution in [3.63, 3.8) is 0 Å². The fraction of sp³-hybridized carbons (Fsp3) is 0.778. The van der Waals surface area contributed by atoms with Crippen LogP contribution in [0.15, 0.2) is 0 Å². The molecule has 3 heteroatoms. The van der Waals surface area contributed by atoms with E-state index in [-0.39, 0.29) is 5.91 Å². The molecule has 1 amide bonds. The van der Waals surface area contributed by atoms with Gasteiger partial charge < -0.3 is 5.32 Å². The highest BCUT2D eigenvalue weighted by Gasteiger charge is 2.24. The van der Waals surface area contributed by atoms with Gasteiger partial charge in [0.15, 0.2) is 0 Å². The molecule has 0 aromatic rings. The molecule has 1 aliphatic rings. The minimum Gasteiger partial charge on any atom is -0.349 e. The van der Waals surface area contributed by atoms with E-state index in [2.05, 4.69) is 28.0 Å². The molecule has 0 unspecified atom stereocenters. The molecule has 1 saturated carbocycles. The molecule has 0 aromatic heterocycles. The van der Waals surface area contributed by atoms with Crippen molar-refractivity contribution in [3.8, 4) is 0 Å². The molecule has 0 bridgehead atoms. The van der Waals surface area contributed by atoms with Gasteiger partial charge in [0, 0.05) is 11.3 Å². The molecule has 0 heterocycles. The Morgan fingerprint density at radius 1 is 1.58 bits per heavy atom.